The van der Waals surface area contributed by atoms with Gasteiger partial charge in [0.2, 0.25) is 0 Å². The molecule has 0 fully saturated rings. The van der Waals surface area contributed by atoms with E-state index in [0.717, 1.165) is 0 Å². The lowest BCUT2D eigenvalue weighted by Gasteiger charge is -2.18. The summed E-state index contributed by atoms with van der Waals surface area (Å²) >= 11 is 0. The standard InChI is InChI=1S/C9H14FO5P/c1-4-7-13-9(11)8(10)16(12,14-5-2)15-6-3/h1,8H,5-7H2,2-3H3. The fourth-order valence-corrected chi connectivity index (χ4v) is 2.23. The molecule has 92 valence electrons. The topological polar surface area (TPSA) is 61.8 Å². The maximum atomic E-state index is 13.5. The number of rotatable bonds is 7. The third-order valence-electron chi connectivity index (χ3n) is 1.39. The summed E-state index contributed by atoms with van der Waals surface area (Å²) in [6.45, 7) is 2.54. The summed E-state index contributed by atoms with van der Waals surface area (Å²) in [5.41, 5.74) is 0. The van der Waals surface area contributed by atoms with Crippen molar-refractivity contribution in [1.82, 2.24) is 0 Å². The molecule has 0 bridgehead atoms. The fraction of sp³-hybridized carbons (Fsp3) is 0.667. The van der Waals surface area contributed by atoms with Crippen molar-refractivity contribution in [2.24, 2.45) is 0 Å². The van der Waals surface area contributed by atoms with E-state index in [1.54, 1.807) is 0 Å². The minimum Gasteiger partial charge on any atom is -0.450 e. The molecule has 0 aromatic heterocycles. The van der Waals surface area contributed by atoms with Crippen molar-refractivity contribution in [3.05, 3.63) is 0 Å². The highest BCUT2D eigenvalue weighted by atomic mass is 31.2. The zero-order chi connectivity index (χ0) is 12.6. The molecular weight excluding hydrogens is 238 g/mol. The number of esters is 1. The van der Waals surface area contributed by atoms with Crippen LogP contribution < -0.4 is 0 Å². The predicted molar refractivity (Wildman–Crippen MR) is 55.5 cm³/mol. The Bertz CT molecular complexity index is 302. The van der Waals surface area contributed by atoms with Crippen molar-refractivity contribution in [1.29, 1.82) is 0 Å². The van der Waals surface area contributed by atoms with Gasteiger partial charge < -0.3 is 13.8 Å². The van der Waals surface area contributed by atoms with Crippen LogP contribution in [0.4, 0.5) is 4.39 Å². The average molecular weight is 252 g/mol. The molecule has 0 radical (unpaired) electrons. The lowest BCUT2D eigenvalue weighted by Crippen LogP contribution is -2.21. The number of alkyl halides is 1. The number of hydrogen-bond acceptors (Lipinski definition) is 5. The van der Waals surface area contributed by atoms with Gasteiger partial charge in [0, 0.05) is 0 Å². The van der Waals surface area contributed by atoms with Crippen LogP contribution in [0.15, 0.2) is 0 Å². The van der Waals surface area contributed by atoms with E-state index in [0.29, 0.717) is 0 Å². The Morgan fingerprint density at radius 1 is 1.44 bits per heavy atom. The molecule has 0 rings (SSSR count). The lowest BCUT2D eigenvalue weighted by molar-refractivity contribution is -0.145. The molecule has 0 aromatic rings. The molecule has 0 aliphatic carbocycles. The Morgan fingerprint density at radius 3 is 2.31 bits per heavy atom. The van der Waals surface area contributed by atoms with Gasteiger partial charge in [-0.25, -0.2) is 9.18 Å². The minimum absolute atomic E-state index is 0.0416. The molecule has 5 nitrogen and oxygen atoms in total. The van der Waals surface area contributed by atoms with E-state index in [9.17, 15) is 13.8 Å². The molecule has 0 aliphatic rings. The third kappa shape index (κ3) is 4.31. The summed E-state index contributed by atoms with van der Waals surface area (Å²) in [6, 6.07) is 0. The maximum Gasteiger partial charge on any atom is 0.376 e. The first-order chi connectivity index (χ1) is 7.51. The van der Waals surface area contributed by atoms with Crippen LogP contribution in [0, 0.1) is 12.3 Å². The molecule has 0 aromatic carbocycles. The van der Waals surface area contributed by atoms with E-state index in [-0.39, 0.29) is 13.2 Å². The molecule has 0 amide bonds. The highest BCUT2D eigenvalue weighted by molar-refractivity contribution is 7.55. The Labute approximate surface area is 93.8 Å². The van der Waals surface area contributed by atoms with Gasteiger partial charge >= 0.3 is 13.6 Å². The summed E-state index contributed by atoms with van der Waals surface area (Å²) in [7, 11) is -4.12. The molecular formula is C9H14FO5P. The van der Waals surface area contributed by atoms with E-state index >= 15 is 0 Å². The van der Waals surface area contributed by atoms with Gasteiger partial charge in [-0.15, -0.1) is 6.42 Å². The van der Waals surface area contributed by atoms with Crippen molar-refractivity contribution in [3.63, 3.8) is 0 Å². The van der Waals surface area contributed by atoms with Crippen molar-refractivity contribution in [2.75, 3.05) is 19.8 Å². The highest BCUT2D eigenvalue weighted by Crippen LogP contribution is 2.53. The van der Waals surface area contributed by atoms with Crippen LogP contribution in [-0.2, 0) is 23.1 Å². The number of carbonyl (C=O) groups excluding carboxylic acids is 1. The molecule has 1 unspecified atom stereocenters. The molecule has 0 heterocycles. The van der Waals surface area contributed by atoms with Gasteiger partial charge in [-0.2, -0.15) is 0 Å². The molecule has 0 saturated carbocycles. The largest absolute Gasteiger partial charge is 0.450 e. The second-order valence-electron chi connectivity index (χ2n) is 2.52. The molecule has 0 aliphatic heterocycles. The maximum absolute atomic E-state index is 13.5. The summed E-state index contributed by atoms with van der Waals surface area (Å²) in [5, 5.41) is 0. The first-order valence-corrected chi connectivity index (χ1v) is 6.26. The third-order valence-corrected chi connectivity index (χ3v) is 3.39. The van der Waals surface area contributed by atoms with E-state index in [4.69, 9.17) is 6.42 Å². The molecule has 1 atom stereocenters. The number of terminal acetylenes is 1. The Balaban J connectivity index is 4.61. The molecule has 0 N–H and O–H groups in total. The number of carbonyl (C=O) groups is 1. The SMILES string of the molecule is C#CCOC(=O)C(F)P(=O)(OCC)OCC. The number of ether oxygens (including phenoxy) is 1. The second kappa shape index (κ2) is 7.39. The van der Waals surface area contributed by atoms with Crippen molar-refractivity contribution >= 4 is 13.6 Å². The summed E-state index contributed by atoms with van der Waals surface area (Å²) in [4.78, 5) is 11.1. The smallest absolute Gasteiger partial charge is 0.376 e. The van der Waals surface area contributed by atoms with Gasteiger partial charge in [0.25, 0.3) is 5.91 Å². The predicted octanol–water partition coefficient (Wildman–Crippen LogP) is 1.72. The monoisotopic (exact) mass is 252 g/mol. The van der Waals surface area contributed by atoms with Crippen LogP contribution in [0.3, 0.4) is 0 Å². The Hall–Kier alpha value is -0.890. The Morgan fingerprint density at radius 2 is 1.94 bits per heavy atom. The van der Waals surface area contributed by atoms with Gasteiger partial charge in [-0.1, -0.05) is 5.92 Å². The van der Waals surface area contributed by atoms with Gasteiger partial charge in [0.1, 0.15) is 0 Å². The van der Waals surface area contributed by atoms with Gasteiger partial charge in [-0.05, 0) is 13.8 Å². The van der Waals surface area contributed by atoms with E-state index < -0.39 is 26.1 Å². The van der Waals surface area contributed by atoms with Crippen LogP contribution in [0.1, 0.15) is 13.8 Å². The van der Waals surface area contributed by atoms with Crippen LogP contribution in [0.5, 0.6) is 0 Å². The first kappa shape index (κ1) is 15.1. The molecule has 16 heavy (non-hydrogen) atoms. The van der Waals surface area contributed by atoms with Gasteiger partial charge in [-0.3, -0.25) is 4.57 Å². The van der Waals surface area contributed by atoms with E-state index in [2.05, 4.69) is 13.8 Å². The van der Waals surface area contributed by atoms with Crippen molar-refractivity contribution < 1.29 is 27.5 Å². The van der Waals surface area contributed by atoms with Crippen molar-refractivity contribution in [2.45, 2.75) is 19.8 Å². The lowest BCUT2D eigenvalue weighted by atomic mass is 10.7. The van der Waals surface area contributed by atoms with Gasteiger partial charge in [0.05, 0.1) is 13.2 Å². The zero-order valence-electron chi connectivity index (χ0n) is 9.14. The van der Waals surface area contributed by atoms with Crippen LogP contribution >= 0.6 is 7.60 Å². The van der Waals surface area contributed by atoms with E-state index in [1.807, 2.05) is 5.92 Å². The molecule has 7 heteroatoms. The summed E-state index contributed by atoms with van der Waals surface area (Å²) in [5.74, 6) is -1.83. The first-order valence-electron chi connectivity index (χ1n) is 4.64. The highest BCUT2D eigenvalue weighted by Gasteiger charge is 2.42. The van der Waals surface area contributed by atoms with Gasteiger partial charge in [0.15, 0.2) is 6.61 Å². The summed E-state index contributed by atoms with van der Waals surface area (Å²) in [6.07, 6.45) is 4.82. The molecule has 0 saturated heterocycles. The number of hydrogen-bond donors (Lipinski definition) is 0. The minimum atomic E-state index is -4.12. The number of halogens is 1. The van der Waals surface area contributed by atoms with E-state index in [1.165, 1.54) is 13.8 Å². The summed E-state index contributed by atoms with van der Waals surface area (Å²) < 4.78 is 38.8. The zero-order valence-corrected chi connectivity index (χ0v) is 10.0. The average Bonchev–Trinajstić information content (AvgIpc) is 2.25. The Kier molecular flexibility index (Phi) is 6.98. The fourth-order valence-electron chi connectivity index (χ4n) is 0.839. The quantitative estimate of drug-likeness (QED) is 0.392. The second-order valence-corrected chi connectivity index (χ2v) is 4.57. The normalized spacial score (nSPS) is 12.9. The molecule has 0 spiro atoms. The van der Waals surface area contributed by atoms with Crippen molar-refractivity contribution in [3.8, 4) is 12.3 Å². The van der Waals surface area contributed by atoms with Crippen LogP contribution in [0.2, 0.25) is 0 Å². The van der Waals surface area contributed by atoms with Crippen LogP contribution in [-0.4, -0.2) is 31.7 Å². The van der Waals surface area contributed by atoms with Crippen LogP contribution in [0.25, 0.3) is 0 Å².